The molecule has 3 nitrogen and oxygen atoms in total. The van der Waals surface area contributed by atoms with Gasteiger partial charge in [0.05, 0.1) is 27.7 Å². The van der Waals surface area contributed by atoms with Crippen LogP contribution in [-0.4, -0.2) is 18.3 Å². The van der Waals surface area contributed by atoms with Gasteiger partial charge in [0.2, 0.25) is 0 Å². The van der Waals surface area contributed by atoms with E-state index in [1.165, 1.54) is 0 Å². The highest BCUT2D eigenvalue weighted by Gasteiger charge is 2.54. The van der Waals surface area contributed by atoms with Crippen molar-refractivity contribution in [2.75, 3.05) is 0 Å². The van der Waals surface area contributed by atoms with Gasteiger partial charge in [-0.2, -0.15) is 13.2 Å². The van der Waals surface area contributed by atoms with Crippen molar-refractivity contribution in [2.45, 2.75) is 51.0 Å². The standard InChI is InChI=1S/C14H17BClF4NO2/c1-12(2)13(3,4)23-15(22-12)11(21)9-7(14(18,19)20)5-6-8(16)10(9)17/h5-6,11H,21H2,1-4H3/t11-/m0/s1. The van der Waals surface area contributed by atoms with Crippen molar-refractivity contribution in [1.82, 2.24) is 0 Å². The first-order valence-corrected chi connectivity index (χ1v) is 7.32. The highest BCUT2D eigenvalue weighted by atomic mass is 35.5. The molecular formula is C14H17BClF4NO2. The van der Waals surface area contributed by atoms with E-state index in [-0.39, 0.29) is 0 Å². The van der Waals surface area contributed by atoms with E-state index in [9.17, 15) is 17.6 Å². The van der Waals surface area contributed by atoms with Gasteiger partial charge in [-0.15, -0.1) is 0 Å². The number of nitrogens with two attached hydrogens (primary N) is 1. The van der Waals surface area contributed by atoms with E-state index in [0.717, 1.165) is 6.07 Å². The fourth-order valence-electron chi connectivity index (χ4n) is 2.31. The first-order valence-electron chi connectivity index (χ1n) is 6.94. The molecule has 0 spiro atoms. The van der Waals surface area contributed by atoms with Gasteiger partial charge in [-0.1, -0.05) is 11.6 Å². The topological polar surface area (TPSA) is 44.5 Å². The SMILES string of the molecule is CC1(C)OB([C@@H](N)c2c(C(F)(F)F)ccc(Cl)c2F)OC1(C)C. The number of alkyl halides is 3. The molecule has 0 aliphatic carbocycles. The maximum Gasteiger partial charge on any atom is 0.480 e. The Balaban J connectivity index is 2.49. The molecule has 0 saturated carbocycles. The maximum absolute atomic E-state index is 14.3. The van der Waals surface area contributed by atoms with Crippen LogP contribution in [0.2, 0.25) is 5.02 Å². The minimum absolute atomic E-state index is 0.444. The molecule has 0 amide bonds. The molecule has 0 bridgehead atoms. The Labute approximate surface area is 137 Å². The normalized spacial score (nSPS) is 21.6. The first kappa shape index (κ1) is 18.5. The molecule has 1 fully saturated rings. The van der Waals surface area contributed by atoms with Crippen molar-refractivity contribution in [3.05, 3.63) is 34.1 Å². The van der Waals surface area contributed by atoms with Crippen LogP contribution in [0.15, 0.2) is 12.1 Å². The quantitative estimate of drug-likeness (QED) is 0.642. The van der Waals surface area contributed by atoms with E-state index in [4.69, 9.17) is 26.6 Å². The Morgan fingerprint density at radius 2 is 1.61 bits per heavy atom. The fraction of sp³-hybridized carbons (Fsp3) is 0.571. The van der Waals surface area contributed by atoms with Gasteiger partial charge in [-0.25, -0.2) is 4.39 Å². The van der Waals surface area contributed by atoms with Gasteiger partial charge >= 0.3 is 13.3 Å². The molecule has 0 unspecified atom stereocenters. The highest BCUT2D eigenvalue weighted by Crippen LogP contribution is 2.43. The molecular weight excluding hydrogens is 336 g/mol. The second-order valence-corrected chi connectivity index (χ2v) is 6.88. The molecule has 0 aromatic heterocycles. The maximum atomic E-state index is 14.3. The number of rotatable bonds is 2. The molecule has 2 N–H and O–H groups in total. The van der Waals surface area contributed by atoms with Gasteiger partial charge in [0.25, 0.3) is 0 Å². The van der Waals surface area contributed by atoms with Crippen molar-refractivity contribution >= 4 is 18.7 Å². The number of hydrogen-bond acceptors (Lipinski definition) is 3. The van der Waals surface area contributed by atoms with Crippen LogP contribution in [0.3, 0.4) is 0 Å². The van der Waals surface area contributed by atoms with Crippen LogP contribution in [0.4, 0.5) is 17.6 Å². The molecule has 0 radical (unpaired) electrons. The van der Waals surface area contributed by atoms with Gasteiger partial charge in [0.15, 0.2) is 0 Å². The Kier molecular flexibility index (Phi) is 4.52. The summed E-state index contributed by atoms with van der Waals surface area (Å²) in [6.07, 6.45) is -4.78. The third kappa shape index (κ3) is 3.22. The van der Waals surface area contributed by atoms with Crippen LogP contribution < -0.4 is 5.73 Å². The minimum Gasteiger partial charge on any atom is -0.402 e. The third-order valence-corrected chi connectivity index (χ3v) is 4.63. The number of benzene rings is 1. The molecule has 1 atom stereocenters. The fourth-order valence-corrected chi connectivity index (χ4v) is 2.48. The Hall–Kier alpha value is -0.825. The molecule has 1 heterocycles. The summed E-state index contributed by atoms with van der Waals surface area (Å²) in [5.74, 6) is -2.70. The molecule has 1 saturated heterocycles. The largest absolute Gasteiger partial charge is 0.480 e. The second kappa shape index (κ2) is 5.62. The van der Waals surface area contributed by atoms with Gasteiger partial charge < -0.3 is 15.0 Å². The molecule has 1 aliphatic rings. The lowest BCUT2D eigenvalue weighted by atomic mass is 9.73. The van der Waals surface area contributed by atoms with Gasteiger partial charge in [0.1, 0.15) is 5.82 Å². The third-order valence-electron chi connectivity index (χ3n) is 4.34. The molecule has 2 rings (SSSR count). The molecule has 23 heavy (non-hydrogen) atoms. The Morgan fingerprint density at radius 3 is 2.04 bits per heavy atom. The summed E-state index contributed by atoms with van der Waals surface area (Å²) in [6.45, 7) is 6.88. The lowest BCUT2D eigenvalue weighted by Crippen LogP contribution is -2.41. The van der Waals surface area contributed by atoms with Crippen LogP contribution in [0.5, 0.6) is 0 Å². The lowest BCUT2D eigenvalue weighted by Gasteiger charge is -2.32. The van der Waals surface area contributed by atoms with Crippen molar-refractivity contribution in [1.29, 1.82) is 0 Å². The lowest BCUT2D eigenvalue weighted by molar-refractivity contribution is -0.138. The molecule has 1 aromatic carbocycles. The van der Waals surface area contributed by atoms with Crippen LogP contribution >= 0.6 is 11.6 Å². The van der Waals surface area contributed by atoms with Gasteiger partial charge in [-0.3, -0.25) is 0 Å². The molecule has 1 aromatic rings. The van der Waals surface area contributed by atoms with Crippen LogP contribution in [0.25, 0.3) is 0 Å². The monoisotopic (exact) mass is 353 g/mol. The van der Waals surface area contributed by atoms with Crippen LogP contribution in [0, 0.1) is 5.82 Å². The van der Waals surface area contributed by atoms with Crippen molar-refractivity contribution in [3.63, 3.8) is 0 Å². The van der Waals surface area contributed by atoms with Crippen molar-refractivity contribution in [3.8, 4) is 0 Å². The summed E-state index contributed by atoms with van der Waals surface area (Å²) in [4.78, 5) is 0. The van der Waals surface area contributed by atoms with E-state index in [1.54, 1.807) is 27.7 Å². The van der Waals surface area contributed by atoms with E-state index >= 15 is 0 Å². The zero-order chi connectivity index (χ0) is 17.8. The summed E-state index contributed by atoms with van der Waals surface area (Å²) < 4.78 is 65.0. The average molecular weight is 354 g/mol. The Bertz CT molecular complexity index is 606. The zero-order valence-electron chi connectivity index (χ0n) is 13.1. The molecule has 9 heteroatoms. The predicted octanol–water partition coefficient (Wildman–Crippen LogP) is 4.13. The zero-order valence-corrected chi connectivity index (χ0v) is 13.8. The van der Waals surface area contributed by atoms with E-state index in [2.05, 4.69) is 0 Å². The summed E-state index contributed by atoms with van der Waals surface area (Å²) in [6, 6.07) is 1.55. The number of halogens is 5. The predicted molar refractivity (Wildman–Crippen MR) is 79.4 cm³/mol. The minimum atomic E-state index is -4.78. The van der Waals surface area contributed by atoms with Crippen LogP contribution in [-0.2, 0) is 15.5 Å². The van der Waals surface area contributed by atoms with E-state index in [0.29, 0.717) is 6.07 Å². The van der Waals surface area contributed by atoms with Crippen LogP contribution in [0.1, 0.15) is 44.8 Å². The van der Waals surface area contributed by atoms with E-state index in [1.807, 2.05) is 0 Å². The van der Waals surface area contributed by atoms with Gasteiger partial charge in [0, 0.05) is 5.56 Å². The summed E-state index contributed by atoms with van der Waals surface area (Å²) in [5, 5.41) is -0.444. The smallest absolute Gasteiger partial charge is 0.402 e. The highest BCUT2D eigenvalue weighted by molar-refractivity contribution is 6.47. The number of hydrogen-bond donors (Lipinski definition) is 1. The summed E-state index contributed by atoms with van der Waals surface area (Å²) in [5.41, 5.74) is 2.30. The summed E-state index contributed by atoms with van der Waals surface area (Å²) >= 11 is 5.62. The van der Waals surface area contributed by atoms with E-state index < -0.39 is 52.4 Å². The van der Waals surface area contributed by atoms with Gasteiger partial charge in [-0.05, 0) is 39.8 Å². The second-order valence-electron chi connectivity index (χ2n) is 6.47. The van der Waals surface area contributed by atoms with Crippen molar-refractivity contribution < 1.29 is 26.9 Å². The molecule has 1 aliphatic heterocycles. The first-order chi connectivity index (χ1) is 10.3. The molecule has 128 valence electrons. The van der Waals surface area contributed by atoms with Crippen molar-refractivity contribution in [2.24, 2.45) is 5.73 Å². The summed E-state index contributed by atoms with van der Waals surface area (Å²) in [7, 11) is -1.23. The average Bonchev–Trinajstić information content (AvgIpc) is 2.59. The Morgan fingerprint density at radius 1 is 1.13 bits per heavy atom.